The summed E-state index contributed by atoms with van der Waals surface area (Å²) in [6, 6.07) is 9.63. The van der Waals surface area contributed by atoms with E-state index in [9.17, 15) is 22.0 Å². The Hall–Kier alpha value is -2.48. The Labute approximate surface area is 169 Å². The lowest BCUT2D eigenvalue weighted by Crippen LogP contribution is -2.25. The molecule has 0 heterocycles. The summed E-state index contributed by atoms with van der Waals surface area (Å²) in [5.41, 5.74) is 0.544. The van der Waals surface area contributed by atoms with E-state index in [2.05, 4.69) is 36.6 Å². The van der Waals surface area contributed by atoms with Gasteiger partial charge >= 0.3 is 6.61 Å². The number of amides is 1. The number of carbonyl (C=O) groups is 1. The number of alkyl halides is 2. The minimum atomic E-state index is -3.76. The number of rotatable bonds is 8. The van der Waals surface area contributed by atoms with Crippen LogP contribution < -0.4 is 14.8 Å². The van der Waals surface area contributed by atoms with E-state index in [1.165, 1.54) is 36.4 Å². The minimum absolute atomic E-state index is 0.0427. The molecule has 0 aliphatic rings. The van der Waals surface area contributed by atoms with Crippen LogP contribution in [0, 0.1) is 12.3 Å². The quantitative estimate of drug-likeness (QED) is 0.578. The molecule has 148 valence electrons. The van der Waals surface area contributed by atoms with Gasteiger partial charge in [0, 0.05) is 22.1 Å². The van der Waals surface area contributed by atoms with Crippen molar-refractivity contribution in [2.45, 2.75) is 18.1 Å². The van der Waals surface area contributed by atoms with Crippen LogP contribution in [0.1, 0.15) is 15.9 Å². The molecule has 10 heteroatoms. The summed E-state index contributed by atoms with van der Waals surface area (Å²) in [4.78, 5) is 12.2. The number of sulfonamides is 1. The van der Waals surface area contributed by atoms with Gasteiger partial charge in [-0.05, 0) is 42.5 Å². The number of benzene rings is 2. The average Bonchev–Trinajstić information content (AvgIpc) is 2.66. The fraction of sp³-hybridized carbons (Fsp3) is 0.167. The molecule has 0 aromatic heterocycles. The summed E-state index contributed by atoms with van der Waals surface area (Å²) in [6.07, 6.45) is 5.02. The first-order valence-electron chi connectivity index (χ1n) is 7.77. The summed E-state index contributed by atoms with van der Waals surface area (Å²) in [5, 5.41) is 2.57. The number of carbonyl (C=O) groups excluding carboxylic acids is 1. The van der Waals surface area contributed by atoms with E-state index in [0.29, 0.717) is 10.0 Å². The highest BCUT2D eigenvalue weighted by Gasteiger charge is 2.15. The van der Waals surface area contributed by atoms with Crippen molar-refractivity contribution in [3.63, 3.8) is 0 Å². The molecule has 0 unspecified atom stereocenters. The van der Waals surface area contributed by atoms with Crippen LogP contribution in [-0.4, -0.2) is 27.5 Å². The van der Waals surface area contributed by atoms with Gasteiger partial charge in [0.15, 0.2) is 0 Å². The molecule has 0 atom stereocenters. The lowest BCUT2D eigenvalue weighted by atomic mass is 10.1. The Kier molecular flexibility index (Phi) is 7.51. The molecule has 2 rings (SSSR count). The molecule has 6 nitrogen and oxygen atoms in total. The van der Waals surface area contributed by atoms with Crippen LogP contribution in [0.4, 0.5) is 8.78 Å². The first-order chi connectivity index (χ1) is 13.2. The van der Waals surface area contributed by atoms with Crippen LogP contribution in [0.2, 0.25) is 0 Å². The van der Waals surface area contributed by atoms with Crippen LogP contribution in [0.15, 0.2) is 51.8 Å². The molecular weight excluding hydrogens is 458 g/mol. The molecule has 0 saturated carbocycles. The van der Waals surface area contributed by atoms with Crippen molar-refractivity contribution in [3.8, 4) is 18.1 Å². The summed E-state index contributed by atoms with van der Waals surface area (Å²) in [5.74, 6) is 1.59. The van der Waals surface area contributed by atoms with Gasteiger partial charge in [0.25, 0.3) is 5.91 Å². The Bertz CT molecular complexity index is 990. The van der Waals surface area contributed by atoms with Crippen LogP contribution >= 0.6 is 15.9 Å². The number of nitrogens with one attached hydrogen (secondary N) is 2. The zero-order chi connectivity index (χ0) is 20.7. The number of terminal acetylenes is 1. The van der Waals surface area contributed by atoms with Crippen molar-refractivity contribution in [3.05, 3.63) is 58.1 Å². The Morgan fingerprint density at radius 2 is 1.89 bits per heavy atom. The molecule has 0 bridgehead atoms. The summed E-state index contributed by atoms with van der Waals surface area (Å²) in [7, 11) is -3.76. The molecule has 28 heavy (non-hydrogen) atoms. The second-order valence-corrected chi connectivity index (χ2v) is 8.05. The summed E-state index contributed by atoms with van der Waals surface area (Å²) >= 11 is 3.23. The van der Waals surface area contributed by atoms with Crippen LogP contribution in [0.25, 0.3) is 0 Å². The van der Waals surface area contributed by atoms with Crippen molar-refractivity contribution < 1.29 is 26.7 Å². The van der Waals surface area contributed by atoms with Crippen LogP contribution in [0.3, 0.4) is 0 Å². The van der Waals surface area contributed by atoms with Crippen molar-refractivity contribution >= 4 is 31.9 Å². The van der Waals surface area contributed by atoms with Gasteiger partial charge in [0.2, 0.25) is 10.0 Å². The third-order valence-electron chi connectivity index (χ3n) is 3.47. The highest BCUT2D eigenvalue weighted by molar-refractivity contribution is 9.10. The maximum atomic E-state index is 12.5. The average molecular weight is 473 g/mol. The molecule has 0 aliphatic carbocycles. The van der Waals surface area contributed by atoms with E-state index in [0.717, 1.165) is 0 Å². The van der Waals surface area contributed by atoms with E-state index >= 15 is 0 Å². The zero-order valence-electron chi connectivity index (χ0n) is 14.3. The molecule has 2 aromatic carbocycles. The van der Waals surface area contributed by atoms with Crippen molar-refractivity contribution in [1.82, 2.24) is 10.0 Å². The van der Waals surface area contributed by atoms with Gasteiger partial charge in [0.1, 0.15) is 5.75 Å². The fourth-order valence-electron chi connectivity index (χ4n) is 2.18. The van der Waals surface area contributed by atoms with Crippen LogP contribution in [-0.2, 0) is 16.6 Å². The third kappa shape index (κ3) is 6.02. The highest BCUT2D eigenvalue weighted by atomic mass is 79.9. The maximum Gasteiger partial charge on any atom is 0.387 e. The zero-order valence-corrected chi connectivity index (χ0v) is 16.7. The molecule has 0 spiro atoms. The second kappa shape index (κ2) is 9.64. The SMILES string of the molecule is C#CCNS(=O)(=O)c1ccc(C(=O)NCc2cc(Br)ccc2OC(F)F)cc1. The second-order valence-electron chi connectivity index (χ2n) is 5.37. The van der Waals surface area contributed by atoms with E-state index in [4.69, 9.17) is 6.42 Å². The Morgan fingerprint density at radius 3 is 2.50 bits per heavy atom. The number of ether oxygens (including phenoxy) is 1. The first kappa shape index (κ1) is 21.8. The monoisotopic (exact) mass is 472 g/mol. The largest absolute Gasteiger partial charge is 0.434 e. The molecule has 0 saturated heterocycles. The third-order valence-corrected chi connectivity index (χ3v) is 5.38. The van der Waals surface area contributed by atoms with Crippen LogP contribution in [0.5, 0.6) is 5.75 Å². The van der Waals surface area contributed by atoms with Crippen molar-refractivity contribution in [1.29, 1.82) is 0 Å². The molecule has 0 aliphatic heterocycles. The predicted molar refractivity (Wildman–Crippen MR) is 102 cm³/mol. The molecule has 2 aromatic rings. The van der Waals surface area contributed by atoms with E-state index in [-0.39, 0.29) is 29.3 Å². The Balaban J connectivity index is 2.08. The smallest absolute Gasteiger partial charge is 0.387 e. The van der Waals surface area contributed by atoms with E-state index in [1.54, 1.807) is 6.07 Å². The standard InChI is InChI=1S/C18H15BrF2N2O4S/c1-2-9-23-28(25,26)15-6-3-12(4-7-15)17(24)22-11-13-10-14(19)5-8-16(13)27-18(20)21/h1,3-8,10,18,23H,9,11H2,(H,22,24). The molecule has 0 radical (unpaired) electrons. The number of halogens is 3. The summed E-state index contributed by atoms with van der Waals surface area (Å²) in [6.45, 7) is -3.21. The van der Waals surface area contributed by atoms with Crippen molar-refractivity contribution in [2.24, 2.45) is 0 Å². The van der Waals surface area contributed by atoms with E-state index < -0.39 is 22.5 Å². The predicted octanol–water partition coefficient (Wildman–Crippen LogP) is 2.89. The van der Waals surface area contributed by atoms with Gasteiger partial charge in [0.05, 0.1) is 11.4 Å². The first-order valence-corrected chi connectivity index (χ1v) is 10.0. The molecule has 2 N–H and O–H groups in total. The topological polar surface area (TPSA) is 84.5 Å². The summed E-state index contributed by atoms with van der Waals surface area (Å²) < 4.78 is 56.2. The molecule has 1 amide bonds. The normalized spacial score (nSPS) is 11.1. The van der Waals surface area contributed by atoms with Crippen molar-refractivity contribution in [2.75, 3.05) is 6.54 Å². The van der Waals surface area contributed by atoms with Gasteiger partial charge in [-0.15, -0.1) is 6.42 Å². The minimum Gasteiger partial charge on any atom is -0.434 e. The fourth-order valence-corrected chi connectivity index (χ4v) is 3.52. The number of hydrogen-bond acceptors (Lipinski definition) is 4. The van der Waals surface area contributed by atoms with Gasteiger partial charge in [-0.25, -0.2) is 8.42 Å². The highest BCUT2D eigenvalue weighted by Crippen LogP contribution is 2.25. The lowest BCUT2D eigenvalue weighted by molar-refractivity contribution is -0.0504. The number of hydrogen-bond donors (Lipinski definition) is 2. The van der Waals surface area contributed by atoms with E-state index in [1.807, 2.05) is 0 Å². The van der Waals surface area contributed by atoms with Gasteiger partial charge in [-0.2, -0.15) is 13.5 Å². The Morgan fingerprint density at radius 1 is 1.21 bits per heavy atom. The molecule has 0 fully saturated rings. The van der Waals surface area contributed by atoms with Gasteiger partial charge in [-0.1, -0.05) is 21.9 Å². The maximum absolute atomic E-state index is 12.5. The van der Waals surface area contributed by atoms with Gasteiger partial charge < -0.3 is 10.1 Å². The van der Waals surface area contributed by atoms with Gasteiger partial charge in [-0.3, -0.25) is 4.79 Å². The lowest BCUT2D eigenvalue weighted by Gasteiger charge is -2.12. The molecular formula is C18H15BrF2N2O4S.